The number of benzene rings is 1. The molecular formula is C11H17N3O4S2. The SMILES string of the molecule is Cc1c(NS(=O)(=O)N2CCCC2)cccc1S(N)(=O)=O. The molecular weight excluding hydrogens is 302 g/mol. The molecule has 20 heavy (non-hydrogen) atoms. The Morgan fingerprint density at radius 1 is 1.15 bits per heavy atom. The quantitative estimate of drug-likeness (QED) is 0.836. The van der Waals surface area contributed by atoms with Gasteiger partial charge in [0, 0.05) is 13.1 Å². The molecule has 9 heteroatoms. The van der Waals surface area contributed by atoms with Gasteiger partial charge in [-0.25, -0.2) is 13.6 Å². The third-order valence-corrected chi connectivity index (χ3v) is 5.81. The molecule has 1 saturated heterocycles. The van der Waals surface area contributed by atoms with Gasteiger partial charge < -0.3 is 0 Å². The van der Waals surface area contributed by atoms with Gasteiger partial charge in [-0.05, 0) is 37.5 Å². The Morgan fingerprint density at radius 3 is 2.30 bits per heavy atom. The van der Waals surface area contributed by atoms with Crippen molar-refractivity contribution in [3.63, 3.8) is 0 Å². The number of sulfonamides is 1. The first-order valence-electron chi connectivity index (χ1n) is 6.12. The van der Waals surface area contributed by atoms with Crippen LogP contribution >= 0.6 is 0 Å². The van der Waals surface area contributed by atoms with Crippen LogP contribution in [0, 0.1) is 6.92 Å². The molecule has 1 aliphatic rings. The minimum Gasteiger partial charge on any atom is -0.271 e. The molecule has 1 heterocycles. The van der Waals surface area contributed by atoms with E-state index in [0.717, 1.165) is 12.8 Å². The van der Waals surface area contributed by atoms with E-state index in [-0.39, 0.29) is 16.1 Å². The third kappa shape index (κ3) is 3.11. The maximum atomic E-state index is 12.1. The molecule has 0 saturated carbocycles. The number of anilines is 1. The van der Waals surface area contributed by atoms with Crippen LogP contribution in [0.5, 0.6) is 0 Å². The van der Waals surface area contributed by atoms with E-state index < -0.39 is 20.2 Å². The second kappa shape index (κ2) is 5.32. The van der Waals surface area contributed by atoms with Gasteiger partial charge in [-0.1, -0.05) is 6.07 Å². The summed E-state index contributed by atoms with van der Waals surface area (Å²) >= 11 is 0. The first-order valence-corrected chi connectivity index (χ1v) is 9.11. The summed E-state index contributed by atoms with van der Waals surface area (Å²) in [6, 6.07) is 4.31. The van der Waals surface area contributed by atoms with Crippen LogP contribution in [-0.2, 0) is 20.2 Å². The fourth-order valence-corrected chi connectivity index (χ4v) is 4.34. The van der Waals surface area contributed by atoms with Gasteiger partial charge in [0.05, 0.1) is 10.6 Å². The minimum atomic E-state index is -3.88. The van der Waals surface area contributed by atoms with Gasteiger partial charge in [-0.2, -0.15) is 12.7 Å². The van der Waals surface area contributed by atoms with Gasteiger partial charge in [0.1, 0.15) is 0 Å². The molecule has 3 N–H and O–H groups in total. The number of hydrogen-bond acceptors (Lipinski definition) is 4. The Labute approximate surface area is 119 Å². The molecule has 1 fully saturated rings. The van der Waals surface area contributed by atoms with Crippen molar-refractivity contribution < 1.29 is 16.8 Å². The lowest BCUT2D eigenvalue weighted by molar-refractivity contribution is 0.482. The average Bonchev–Trinajstić information content (AvgIpc) is 2.84. The summed E-state index contributed by atoms with van der Waals surface area (Å²) in [5.41, 5.74) is 0.515. The van der Waals surface area contributed by atoms with E-state index in [4.69, 9.17) is 5.14 Å². The van der Waals surface area contributed by atoms with E-state index in [2.05, 4.69) is 4.72 Å². The first-order chi connectivity index (χ1) is 9.22. The number of nitrogens with one attached hydrogen (secondary N) is 1. The zero-order chi connectivity index (χ0) is 15.0. The predicted molar refractivity (Wildman–Crippen MR) is 75.9 cm³/mol. The number of nitrogens with two attached hydrogens (primary N) is 1. The third-order valence-electron chi connectivity index (χ3n) is 3.23. The van der Waals surface area contributed by atoms with E-state index in [1.807, 2.05) is 0 Å². The largest absolute Gasteiger partial charge is 0.301 e. The van der Waals surface area contributed by atoms with Crippen molar-refractivity contribution in [1.82, 2.24) is 4.31 Å². The number of hydrogen-bond donors (Lipinski definition) is 2. The topological polar surface area (TPSA) is 110 Å². The van der Waals surface area contributed by atoms with Crippen molar-refractivity contribution >= 4 is 25.9 Å². The van der Waals surface area contributed by atoms with Crippen LogP contribution in [-0.4, -0.2) is 34.2 Å². The summed E-state index contributed by atoms with van der Waals surface area (Å²) in [6.45, 7) is 2.47. The van der Waals surface area contributed by atoms with Crippen LogP contribution < -0.4 is 9.86 Å². The first kappa shape index (κ1) is 15.2. The lowest BCUT2D eigenvalue weighted by atomic mass is 10.2. The lowest BCUT2D eigenvalue weighted by Crippen LogP contribution is -2.33. The highest BCUT2D eigenvalue weighted by atomic mass is 32.2. The van der Waals surface area contributed by atoms with Crippen LogP contribution in [0.3, 0.4) is 0 Å². The van der Waals surface area contributed by atoms with Crippen molar-refractivity contribution in [2.45, 2.75) is 24.7 Å². The molecule has 1 aromatic rings. The maximum absolute atomic E-state index is 12.1. The van der Waals surface area contributed by atoms with Gasteiger partial charge in [-0.15, -0.1) is 0 Å². The van der Waals surface area contributed by atoms with Crippen molar-refractivity contribution in [2.75, 3.05) is 17.8 Å². The van der Waals surface area contributed by atoms with Gasteiger partial charge in [0.15, 0.2) is 0 Å². The zero-order valence-corrected chi connectivity index (χ0v) is 12.7. The van der Waals surface area contributed by atoms with Crippen molar-refractivity contribution in [2.24, 2.45) is 5.14 Å². The predicted octanol–water partition coefficient (Wildman–Crippen LogP) is 0.395. The maximum Gasteiger partial charge on any atom is 0.301 e. The molecule has 2 rings (SSSR count). The van der Waals surface area contributed by atoms with E-state index in [0.29, 0.717) is 13.1 Å². The summed E-state index contributed by atoms with van der Waals surface area (Å²) in [6.07, 6.45) is 1.66. The molecule has 0 bridgehead atoms. The molecule has 0 atom stereocenters. The van der Waals surface area contributed by atoms with Crippen molar-refractivity contribution in [3.8, 4) is 0 Å². The second-order valence-electron chi connectivity index (χ2n) is 4.69. The monoisotopic (exact) mass is 319 g/mol. The molecule has 112 valence electrons. The molecule has 0 unspecified atom stereocenters. The van der Waals surface area contributed by atoms with Crippen molar-refractivity contribution in [3.05, 3.63) is 23.8 Å². The highest BCUT2D eigenvalue weighted by molar-refractivity contribution is 7.90. The molecule has 0 amide bonds. The summed E-state index contributed by atoms with van der Waals surface area (Å²) in [4.78, 5) is -0.0841. The lowest BCUT2D eigenvalue weighted by Gasteiger charge is -2.18. The number of nitrogens with zero attached hydrogens (tertiary/aromatic N) is 1. The zero-order valence-electron chi connectivity index (χ0n) is 11.0. The molecule has 0 aromatic heterocycles. The number of primary sulfonamides is 1. The minimum absolute atomic E-state index is 0.0841. The summed E-state index contributed by atoms with van der Waals surface area (Å²) in [5.74, 6) is 0. The Kier molecular flexibility index (Phi) is 4.05. The Balaban J connectivity index is 2.35. The molecule has 0 aliphatic carbocycles. The van der Waals surface area contributed by atoms with Crippen LogP contribution in [0.15, 0.2) is 23.1 Å². The number of rotatable bonds is 4. The van der Waals surface area contributed by atoms with Gasteiger partial charge in [-0.3, -0.25) is 4.72 Å². The van der Waals surface area contributed by atoms with E-state index in [9.17, 15) is 16.8 Å². The highest BCUT2D eigenvalue weighted by Crippen LogP contribution is 2.24. The van der Waals surface area contributed by atoms with Crippen LogP contribution in [0.1, 0.15) is 18.4 Å². The van der Waals surface area contributed by atoms with Gasteiger partial charge in [0.25, 0.3) is 0 Å². The van der Waals surface area contributed by atoms with Crippen LogP contribution in [0.2, 0.25) is 0 Å². The van der Waals surface area contributed by atoms with Gasteiger partial charge >= 0.3 is 10.2 Å². The standard InChI is InChI=1S/C11H17N3O4S2/c1-9-10(5-4-6-11(9)19(12,15)16)13-20(17,18)14-7-2-3-8-14/h4-6,13H,2-3,7-8H2,1H3,(H2,12,15,16). The molecule has 0 spiro atoms. The van der Waals surface area contributed by atoms with E-state index >= 15 is 0 Å². The fraction of sp³-hybridized carbons (Fsp3) is 0.455. The van der Waals surface area contributed by atoms with Gasteiger partial charge in [0.2, 0.25) is 10.0 Å². The highest BCUT2D eigenvalue weighted by Gasteiger charge is 2.26. The van der Waals surface area contributed by atoms with Crippen molar-refractivity contribution in [1.29, 1.82) is 0 Å². The average molecular weight is 319 g/mol. The molecule has 7 nitrogen and oxygen atoms in total. The van der Waals surface area contributed by atoms with E-state index in [1.54, 1.807) is 0 Å². The summed E-state index contributed by atoms with van der Waals surface area (Å²) in [5, 5.41) is 5.10. The Morgan fingerprint density at radius 2 is 1.75 bits per heavy atom. The molecule has 1 aromatic carbocycles. The normalized spacial score (nSPS) is 17.3. The van der Waals surface area contributed by atoms with E-state index in [1.165, 1.54) is 29.4 Å². The Hall–Kier alpha value is -1.16. The van der Waals surface area contributed by atoms with Crippen LogP contribution in [0.25, 0.3) is 0 Å². The second-order valence-corrected chi connectivity index (χ2v) is 7.89. The molecule has 0 radical (unpaired) electrons. The molecule has 1 aliphatic heterocycles. The Bertz CT molecular complexity index is 707. The summed E-state index contributed by atoms with van der Waals surface area (Å²) in [7, 11) is -7.53. The van der Waals surface area contributed by atoms with Crippen LogP contribution in [0.4, 0.5) is 5.69 Å². The smallest absolute Gasteiger partial charge is 0.271 e. The fourth-order valence-electron chi connectivity index (χ4n) is 2.17. The summed E-state index contributed by atoms with van der Waals surface area (Å²) < 4.78 is 50.9.